The summed E-state index contributed by atoms with van der Waals surface area (Å²) >= 11 is 1.67. The van der Waals surface area contributed by atoms with Gasteiger partial charge in [0, 0.05) is 37.3 Å². The van der Waals surface area contributed by atoms with Crippen LogP contribution >= 0.6 is 11.3 Å². The van der Waals surface area contributed by atoms with Gasteiger partial charge in [-0.05, 0) is 30.5 Å². The fraction of sp³-hybridized carbons (Fsp3) is 0.409. The monoisotopic (exact) mass is 424 g/mol. The van der Waals surface area contributed by atoms with Gasteiger partial charge in [-0.2, -0.15) is 5.10 Å². The third-order valence-electron chi connectivity index (χ3n) is 4.97. The number of hydrogen-bond acceptors (Lipinski definition) is 6. The summed E-state index contributed by atoms with van der Waals surface area (Å²) in [6.45, 7) is 7.24. The van der Waals surface area contributed by atoms with Crippen molar-refractivity contribution in [2.75, 3.05) is 6.54 Å². The number of aryl methyl sites for hydroxylation is 3. The molecular weight excluding hydrogens is 396 g/mol. The van der Waals surface area contributed by atoms with E-state index < -0.39 is 6.10 Å². The predicted octanol–water partition coefficient (Wildman–Crippen LogP) is 3.11. The van der Waals surface area contributed by atoms with Crippen molar-refractivity contribution in [1.29, 1.82) is 0 Å². The van der Waals surface area contributed by atoms with Gasteiger partial charge in [-0.15, -0.1) is 11.3 Å². The van der Waals surface area contributed by atoms with Crippen LogP contribution in [0.15, 0.2) is 41.9 Å². The molecule has 2 N–H and O–H groups in total. The zero-order chi connectivity index (χ0) is 21.1. The molecule has 0 saturated heterocycles. The summed E-state index contributed by atoms with van der Waals surface area (Å²) in [5.41, 5.74) is 2.87. The molecule has 0 spiro atoms. The summed E-state index contributed by atoms with van der Waals surface area (Å²) in [4.78, 5) is 10.6. The lowest BCUT2D eigenvalue weighted by molar-refractivity contribution is 0.147. The fourth-order valence-electron chi connectivity index (χ4n) is 3.43. The Morgan fingerprint density at radius 2 is 2.00 bits per heavy atom. The van der Waals surface area contributed by atoms with Crippen LogP contribution < -0.4 is 5.32 Å². The normalized spacial score (nSPS) is 12.8. The zero-order valence-electron chi connectivity index (χ0n) is 17.6. The Kier molecular flexibility index (Phi) is 6.26. The molecule has 1 atom stereocenters. The van der Waals surface area contributed by atoms with Gasteiger partial charge in [0.25, 0.3) is 0 Å². The molecule has 4 aromatic rings. The Labute approximate surface area is 180 Å². The topological polar surface area (TPSA) is 80.3 Å². The second kappa shape index (κ2) is 9.07. The fourth-order valence-corrected chi connectivity index (χ4v) is 4.11. The summed E-state index contributed by atoms with van der Waals surface area (Å²) < 4.78 is 3.95. The van der Waals surface area contributed by atoms with Crippen LogP contribution in [0.5, 0.6) is 0 Å². The van der Waals surface area contributed by atoms with Crippen LogP contribution in [-0.4, -0.2) is 47.9 Å². The molecular formula is C22H28N6OS. The standard InChI is InChI=1S/C22H28N6OS/c1-15(2)23-12-17(29)13-27-14-18(19-7-5-11-30-19)24-21(27)10-9-20-25-22-8-4-6-16(3)28(22)26-20/h4-8,11,14-15,17,23,29H,9-10,12-13H2,1-3H3. The average molecular weight is 425 g/mol. The molecule has 158 valence electrons. The maximum Gasteiger partial charge on any atom is 0.155 e. The van der Waals surface area contributed by atoms with Crippen LogP contribution in [0.2, 0.25) is 0 Å². The molecule has 0 radical (unpaired) electrons. The molecule has 0 fully saturated rings. The number of hydrogen-bond donors (Lipinski definition) is 2. The smallest absolute Gasteiger partial charge is 0.155 e. The third kappa shape index (κ3) is 4.77. The number of thiophene rings is 1. The van der Waals surface area contributed by atoms with Gasteiger partial charge < -0.3 is 15.0 Å². The first-order chi connectivity index (χ1) is 14.5. The summed E-state index contributed by atoms with van der Waals surface area (Å²) in [6, 6.07) is 10.4. The minimum atomic E-state index is -0.479. The number of imidazole rings is 1. The highest BCUT2D eigenvalue weighted by Crippen LogP contribution is 2.24. The second-order valence-electron chi connectivity index (χ2n) is 7.85. The van der Waals surface area contributed by atoms with Gasteiger partial charge in [0.15, 0.2) is 11.5 Å². The summed E-state index contributed by atoms with van der Waals surface area (Å²) in [5.74, 6) is 1.75. The van der Waals surface area contributed by atoms with E-state index in [1.165, 1.54) is 0 Å². The van der Waals surface area contributed by atoms with E-state index in [9.17, 15) is 5.11 Å². The lowest BCUT2D eigenvalue weighted by Crippen LogP contribution is -2.34. The van der Waals surface area contributed by atoms with Crippen LogP contribution in [-0.2, 0) is 19.4 Å². The van der Waals surface area contributed by atoms with Crippen molar-refractivity contribution in [2.45, 2.75) is 52.3 Å². The molecule has 1 unspecified atom stereocenters. The van der Waals surface area contributed by atoms with Crippen LogP contribution in [0, 0.1) is 6.92 Å². The molecule has 0 aliphatic carbocycles. The van der Waals surface area contributed by atoms with Crippen molar-refractivity contribution in [1.82, 2.24) is 29.5 Å². The van der Waals surface area contributed by atoms with Crippen molar-refractivity contribution in [3.05, 3.63) is 59.3 Å². The highest BCUT2D eigenvalue weighted by molar-refractivity contribution is 7.13. The molecule has 30 heavy (non-hydrogen) atoms. The Hall–Kier alpha value is -2.55. The average Bonchev–Trinajstić information content (AvgIpc) is 3.44. The van der Waals surface area contributed by atoms with Gasteiger partial charge in [0.2, 0.25) is 0 Å². The first-order valence-electron chi connectivity index (χ1n) is 10.3. The van der Waals surface area contributed by atoms with E-state index >= 15 is 0 Å². The number of aliphatic hydroxyl groups is 1. The van der Waals surface area contributed by atoms with E-state index in [2.05, 4.69) is 45.3 Å². The first kappa shape index (κ1) is 20.7. The van der Waals surface area contributed by atoms with E-state index in [4.69, 9.17) is 4.98 Å². The summed E-state index contributed by atoms with van der Waals surface area (Å²) in [6.07, 6.45) is 2.97. The van der Waals surface area contributed by atoms with Crippen molar-refractivity contribution in [2.24, 2.45) is 0 Å². The Balaban J connectivity index is 1.53. The second-order valence-corrected chi connectivity index (χ2v) is 8.80. The minimum absolute atomic E-state index is 0.341. The molecule has 0 bridgehead atoms. The Morgan fingerprint density at radius 1 is 1.13 bits per heavy atom. The quantitative estimate of drug-likeness (QED) is 0.432. The van der Waals surface area contributed by atoms with Crippen LogP contribution in [0.25, 0.3) is 16.2 Å². The number of nitrogens with zero attached hydrogens (tertiary/aromatic N) is 5. The third-order valence-corrected chi connectivity index (χ3v) is 5.86. The van der Waals surface area contributed by atoms with E-state index in [0.717, 1.165) is 33.6 Å². The molecule has 4 rings (SSSR count). The molecule has 0 aliphatic rings. The maximum absolute atomic E-state index is 10.5. The molecule has 0 amide bonds. The van der Waals surface area contributed by atoms with Crippen molar-refractivity contribution >= 4 is 17.0 Å². The number of aliphatic hydroxyl groups excluding tert-OH is 1. The molecule has 7 nitrogen and oxygen atoms in total. The molecule has 8 heteroatoms. The molecule has 0 saturated carbocycles. The highest BCUT2D eigenvalue weighted by Gasteiger charge is 2.15. The van der Waals surface area contributed by atoms with E-state index in [0.29, 0.717) is 32.0 Å². The lowest BCUT2D eigenvalue weighted by Gasteiger charge is -2.16. The molecule has 0 aliphatic heterocycles. The van der Waals surface area contributed by atoms with Gasteiger partial charge in [0.05, 0.1) is 23.2 Å². The van der Waals surface area contributed by atoms with Gasteiger partial charge in [-0.1, -0.05) is 26.0 Å². The minimum Gasteiger partial charge on any atom is -0.390 e. The van der Waals surface area contributed by atoms with E-state index in [1.807, 2.05) is 41.9 Å². The Morgan fingerprint density at radius 3 is 2.73 bits per heavy atom. The predicted molar refractivity (Wildman–Crippen MR) is 120 cm³/mol. The van der Waals surface area contributed by atoms with Crippen LogP contribution in [0.1, 0.15) is 31.2 Å². The number of fused-ring (bicyclic) bond motifs is 1. The van der Waals surface area contributed by atoms with Crippen molar-refractivity contribution in [3.8, 4) is 10.6 Å². The van der Waals surface area contributed by atoms with Gasteiger partial charge in [-0.3, -0.25) is 0 Å². The number of nitrogens with one attached hydrogen (secondary N) is 1. The molecule has 4 aromatic heterocycles. The van der Waals surface area contributed by atoms with E-state index in [-0.39, 0.29) is 0 Å². The molecule has 0 aromatic carbocycles. The maximum atomic E-state index is 10.5. The number of aromatic nitrogens is 5. The van der Waals surface area contributed by atoms with Gasteiger partial charge >= 0.3 is 0 Å². The van der Waals surface area contributed by atoms with Crippen molar-refractivity contribution in [3.63, 3.8) is 0 Å². The van der Waals surface area contributed by atoms with Crippen LogP contribution in [0.3, 0.4) is 0 Å². The highest BCUT2D eigenvalue weighted by atomic mass is 32.1. The summed E-state index contributed by atoms with van der Waals surface area (Å²) in [7, 11) is 0. The number of pyridine rings is 1. The zero-order valence-corrected chi connectivity index (χ0v) is 18.4. The van der Waals surface area contributed by atoms with E-state index in [1.54, 1.807) is 11.3 Å². The molecule has 4 heterocycles. The van der Waals surface area contributed by atoms with Gasteiger partial charge in [-0.25, -0.2) is 14.5 Å². The van der Waals surface area contributed by atoms with Crippen molar-refractivity contribution < 1.29 is 5.11 Å². The lowest BCUT2D eigenvalue weighted by atomic mass is 10.2. The SMILES string of the molecule is Cc1cccc2nc(CCc3nc(-c4cccs4)cn3CC(O)CNC(C)C)nn12. The van der Waals surface area contributed by atoms with Crippen LogP contribution in [0.4, 0.5) is 0 Å². The number of rotatable bonds is 9. The Bertz CT molecular complexity index is 1100. The first-order valence-corrected chi connectivity index (χ1v) is 11.2. The largest absolute Gasteiger partial charge is 0.390 e. The summed E-state index contributed by atoms with van der Waals surface area (Å²) in [5, 5.41) is 20.5. The van der Waals surface area contributed by atoms with Gasteiger partial charge in [0.1, 0.15) is 5.82 Å².